The van der Waals surface area contributed by atoms with Crippen LogP contribution in [0.2, 0.25) is 5.15 Å². The number of halogens is 3. The van der Waals surface area contributed by atoms with Crippen LogP contribution in [-0.4, -0.2) is 4.98 Å². The van der Waals surface area contributed by atoms with Crippen LogP contribution >= 0.6 is 47.8 Å². The van der Waals surface area contributed by atoms with E-state index in [0.29, 0.717) is 11.7 Å². The standard InChI is InChI=1S/C8H7ClN2S.2ClH/c9-8-2-7-5(4-11-8)1-6(3-10)12-7;;/h1-2,4H,3,10H2;2*1H. The second kappa shape index (κ2) is 5.73. The second-order valence-electron chi connectivity index (χ2n) is 2.46. The lowest BCUT2D eigenvalue weighted by atomic mass is 10.3. The molecule has 2 aromatic rings. The third-order valence-electron chi connectivity index (χ3n) is 1.62. The number of hydrogen-bond donors (Lipinski definition) is 1. The van der Waals surface area contributed by atoms with E-state index in [2.05, 4.69) is 4.98 Å². The van der Waals surface area contributed by atoms with Gasteiger partial charge >= 0.3 is 0 Å². The number of rotatable bonds is 1. The molecule has 0 amide bonds. The van der Waals surface area contributed by atoms with Gasteiger partial charge in [-0.05, 0) is 12.1 Å². The molecule has 0 aliphatic heterocycles. The van der Waals surface area contributed by atoms with Gasteiger partial charge in [-0.15, -0.1) is 36.2 Å². The molecule has 0 bridgehead atoms. The molecule has 78 valence electrons. The quantitative estimate of drug-likeness (QED) is 0.809. The molecule has 0 unspecified atom stereocenters. The Kier molecular flexibility index (Phi) is 5.71. The highest BCUT2D eigenvalue weighted by atomic mass is 35.5. The number of fused-ring (bicyclic) bond motifs is 1. The Morgan fingerprint density at radius 1 is 1.36 bits per heavy atom. The van der Waals surface area contributed by atoms with Crippen molar-refractivity contribution in [2.45, 2.75) is 6.54 Å². The Morgan fingerprint density at radius 2 is 2.07 bits per heavy atom. The van der Waals surface area contributed by atoms with E-state index in [1.165, 1.54) is 0 Å². The summed E-state index contributed by atoms with van der Waals surface area (Å²) in [4.78, 5) is 5.15. The van der Waals surface area contributed by atoms with Gasteiger partial charge in [0.1, 0.15) is 5.15 Å². The van der Waals surface area contributed by atoms with E-state index in [1.807, 2.05) is 12.1 Å². The fourth-order valence-corrected chi connectivity index (χ4v) is 2.24. The zero-order valence-electron chi connectivity index (χ0n) is 7.07. The normalized spacial score (nSPS) is 9.29. The third kappa shape index (κ3) is 2.72. The van der Waals surface area contributed by atoms with Crippen molar-refractivity contribution in [3.63, 3.8) is 0 Å². The van der Waals surface area contributed by atoms with Gasteiger partial charge in [-0.3, -0.25) is 0 Å². The van der Waals surface area contributed by atoms with E-state index < -0.39 is 0 Å². The van der Waals surface area contributed by atoms with Gasteiger partial charge in [0.25, 0.3) is 0 Å². The predicted molar refractivity (Wildman–Crippen MR) is 67.0 cm³/mol. The molecule has 0 aromatic carbocycles. The summed E-state index contributed by atoms with van der Waals surface area (Å²) in [6.45, 7) is 0.580. The zero-order chi connectivity index (χ0) is 8.55. The molecule has 0 saturated carbocycles. The number of nitrogens with zero attached hydrogens (tertiary/aromatic N) is 1. The molecule has 14 heavy (non-hydrogen) atoms. The Labute approximate surface area is 103 Å². The van der Waals surface area contributed by atoms with Crippen molar-refractivity contribution in [2.24, 2.45) is 5.73 Å². The monoisotopic (exact) mass is 270 g/mol. The Hall–Kier alpha value is -0.0600. The molecule has 2 aromatic heterocycles. The summed E-state index contributed by atoms with van der Waals surface area (Å²) in [5, 5.41) is 1.65. The van der Waals surface area contributed by atoms with E-state index in [-0.39, 0.29) is 24.8 Å². The van der Waals surface area contributed by atoms with Crippen molar-refractivity contribution in [1.82, 2.24) is 4.98 Å². The van der Waals surface area contributed by atoms with Gasteiger partial charge in [0.05, 0.1) is 0 Å². The topological polar surface area (TPSA) is 38.9 Å². The van der Waals surface area contributed by atoms with Gasteiger partial charge in [0.2, 0.25) is 0 Å². The van der Waals surface area contributed by atoms with E-state index in [4.69, 9.17) is 17.3 Å². The fraction of sp³-hybridized carbons (Fsp3) is 0.125. The van der Waals surface area contributed by atoms with Crippen LogP contribution in [0.4, 0.5) is 0 Å². The van der Waals surface area contributed by atoms with Crippen LogP contribution in [0.15, 0.2) is 18.3 Å². The molecule has 2 heterocycles. The van der Waals surface area contributed by atoms with Crippen molar-refractivity contribution < 1.29 is 0 Å². The summed E-state index contributed by atoms with van der Waals surface area (Å²) in [5.74, 6) is 0. The van der Waals surface area contributed by atoms with Gasteiger partial charge < -0.3 is 5.73 Å². The summed E-state index contributed by atoms with van der Waals surface area (Å²) in [6, 6.07) is 3.91. The summed E-state index contributed by atoms with van der Waals surface area (Å²) in [7, 11) is 0. The highest BCUT2D eigenvalue weighted by Crippen LogP contribution is 2.26. The third-order valence-corrected chi connectivity index (χ3v) is 2.95. The smallest absolute Gasteiger partial charge is 0.130 e. The predicted octanol–water partition coefficient (Wildman–Crippen LogP) is 3.25. The minimum atomic E-state index is 0. The number of nitrogens with two attached hydrogens (primary N) is 1. The maximum absolute atomic E-state index is 5.74. The minimum absolute atomic E-state index is 0. The van der Waals surface area contributed by atoms with Gasteiger partial charge in [0, 0.05) is 27.7 Å². The van der Waals surface area contributed by atoms with Gasteiger partial charge in [-0.2, -0.15) is 0 Å². The molecule has 0 saturated heterocycles. The lowest BCUT2D eigenvalue weighted by Crippen LogP contribution is -1.90. The molecular weight excluding hydrogens is 263 g/mol. The Balaban J connectivity index is 0.000000845. The SMILES string of the molecule is Cl.Cl.NCc1cc2cnc(Cl)cc2s1. The average Bonchev–Trinajstić information content (AvgIpc) is 2.46. The highest BCUT2D eigenvalue weighted by Gasteiger charge is 2.00. The average molecular weight is 272 g/mol. The lowest BCUT2D eigenvalue weighted by molar-refractivity contribution is 1.11. The molecule has 0 fully saturated rings. The number of pyridine rings is 1. The van der Waals surface area contributed by atoms with E-state index in [0.717, 1.165) is 15.0 Å². The van der Waals surface area contributed by atoms with E-state index in [9.17, 15) is 0 Å². The Morgan fingerprint density at radius 3 is 2.71 bits per heavy atom. The first-order chi connectivity index (χ1) is 5.79. The summed E-state index contributed by atoms with van der Waals surface area (Å²) >= 11 is 7.40. The van der Waals surface area contributed by atoms with Crippen LogP contribution in [0.25, 0.3) is 10.1 Å². The first kappa shape index (κ1) is 13.9. The molecule has 0 radical (unpaired) electrons. The molecule has 2 rings (SSSR count). The van der Waals surface area contributed by atoms with Crippen LogP contribution in [0, 0.1) is 0 Å². The Bertz CT molecular complexity index is 416. The van der Waals surface area contributed by atoms with Crippen molar-refractivity contribution >= 4 is 57.8 Å². The van der Waals surface area contributed by atoms with Crippen LogP contribution in [0.1, 0.15) is 4.88 Å². The lowest BCUT2D eigenvalue weighted by Gasteiger charge is -1.87. The largest absolute Gasteiger partial charge is 0.326 e. The molecule has 2 nitrogen and oxygen atoms in total. The molecule has 0 aliphatic rings. The van der Waals surface area contributed by atoms with Crippen molar-refractivity contribution in [2.75, 3.05) is 0 Å². The summed E-state index contributed by atoms with van der Waals surface area (Å²) in [6.07, 6.45) is 1.77. The maximum atomic E-state index is 5.74. The molecule has 0 spiro atoms. The number of hydrogen-bond acceptors (Lipinski definition) is 3. The van der Waals surface area contributed by atoms with Crippen LogP contribution in [0.3, 0.4) is 0 Å². The molecular formula is C8H9Cl3N2S. The van der Waals surface area contributed by atoms with Gasteiger partial charge in [-0.25, -0.2) is 4.98 Å². The number of aromatic nitrogens is 1. The second-order valence-corrected chi connectivity index (χ2v) is 4.02. The number of thiophene rings is 1. The van der Waals surface area contributed by atoms with Crippen LogP contribution in [-0.2, 0) is 6.54 Å². The van der Waals surface area contributed by atoms with Crippen molar-refractivity contribution in [3.05, 3.63) is 28.4 Å². The molecule has 0 aliphatic carbocycles. The summed E-state index contributed by atoms with van der Waals surface area (Å²) in [5.41, 5.74) is 5.51. The van der Waals surface area contributed by atoms with Crippen molar-refractivity contribution in [1.29, 1.82) is 0 Å². The fourth-order valence-electron chi connectivity index (χ4n) is 1.07. The highest BCUT2D eigenvalue weighted by molar-refractivity contribution is 7.19. The first-order valence-electron chi connectivity index (χ1n) is 3.53. The van der Waals surface area contributed by atoms with Crippen LogP contribution < -0.4 is 5.73 Å². The zero-order valence-corrected chi connectivity index (χ0v) is 10.3. The minimum Gasteiger partial charge on any atom is -0.326 e. The molecule has 0 atom stereocenters. The summed E-state index contributed by atoms with van der Waals surface area (Å²) < 4.78 is 1.15. The van der Waals surface area contributed by atoms with E-state index >= 15 is 0 Å². The van der Waals surface area contributed by atoms with Gasteiger partial charge in [0.15, 0.2) is 0 Å². The maximum Gasteiger partial charge on any atom is 0.130 e. The molecule has 2 N–H and O–H groups in total. The first-order valence-corrected chi connectivity index (χ1v) is 4.73. The van der Waals surface area contributed by atoms with Crippen molar-refractivity contribution in [3.8, 4) is 0 Å². The van der Waals surface area contributed by atoms with Crippen LogP contribution in [0.5, 0.6) is 0 Å². The van der Waals surface area contributed by atoms with E-state index in [1.54, 1.807) is 17.5 Å². The van der Waals surface area contributed by atoms with Gasteiger partial charge in [-0.1, -0.05) is 11.6 Å². The molecule has 6 heteroatoms.